The summed E-state index contributed by atoms with van der Waals surface area (Å²) in [5.41, 5.74) is 0. The molecular weight excluding hydrogens is 416 g/mol. The van der Waals surface area contributed by atoms with Crippen LogP contribution in [0, 0.1) is 0 Å². The molecule has 29 heavy (non-hydrogen) atoms. The SMILES string of the molecule is COCOC[C@@H](OCOC)[C@H]1OC(C)(C)O[C@@H]2COS(=O)(=O)O[C@H]2C1OCOC. The maximum Gasteiger partial charge on any atom is 0.400 e. The average molecular weight is 446 g/mol. The quantitative estimate of drug-likeness (QED) is 0.307. The molecule has 0 aromatic heterocycles. The third kappa shape index (κ3) is 7.33. The van der Waals surface area contributed by atoms with E-state index in [1.54, 1.807) is 13.8 Å². The second-order valence-electron chi connectivity index (χ2n) is 6.82. The van der Waals surface area contributed by atoms with E-state index in [-0.39, 0.29) is 33.6 Å². The van der Waals surface area contributed by atoms with Crippen molar-refractivity contribution < 1.29 is 54.7 Å². The highest BCUT2D eigenvalue weighted by Crippen LogP contribution is 2.35. The number of rotatable bonds is 11. The van der Waals surface area contributed by atoms with Gasteiger partial charge in [-0.3, -0.25) is 0 Å². The zero-order valence-electron chi connectivity index (χ0n) is 17.2. The van der Waals surface area contributed by atoms with Gasteiger partial charge in [-0.1, -0.05) is 0 Å². The minimum atomic E-state index is -4.22. The first kappa shape index (κ1) is 24.8. The normalized spacial score (nSPS) is 32.3. The summed E-state index contributed by atoms with van der Waals surface area (Å²) in [4.78, 5) is 0. The molecule has 2 heterocycles. The topological polar surface area (TPSA) is 126 Å². The Kier molecular flexibility index (Phi) is 9.63. The molecule has 0 N–H and O–H groups in total. The van der Waals surface area contributed by atoms with E-state index in [0.29, 0.717) is 0 Å². The van der Waals surface area contributed by atoms with Gasteiger partial charge in [-0.15, -0.1) is 0 Å². The molecule has 2 rings (SSSR count). The van der Waals surface area contributed by atoms with Gasteiger partial charge >= 0.3 is 10.4 Å². The minimum Gasteiger partial charge on any atom is -0.359 e. The number of hydrogen-bond acceptors (Lipinski definition) is 12. The van der Waals surface area contributed by atoms with Crippen molar-refractivity contribution in [2.24, 2.45) is 0 Å². The van der Waals surface area contributed by atoms with Crippen LogP contribution in [0.1, 0.15) is 13.8 Å². The highest BCUT2D eigenvalue weighted by atomic mass is 32.3. The Morgan fingerprint density at radius 2 is 1.72 bits per heavy atom. The van der Waals surface area contributed by atoms with Crippen LogP contribution in [0.5, 0.6) is 0 Å². The van der Waals surface area contributed by atoms with Gasteiger partial charge in [0.25, 0.3) is 0 Å². The van der Waals surface area contributed by atoms with Gasteiger partial charge in [0.05, 0.1) is 13.2 Å². The Balaban J connectivity index is 2.36. The molecule has 172 valence electrons. The molecule has 0 aromatic rings. The van der Waals surface area contributed by atoms with Crippen LogP contribution in [-0.2, 0) is 56.7 Å². The Morgan fingerprint density at radius 1 is 1.03 bits per heavy atom. The van der Waals surface area contributed by atoms with E-state index in [9.17, 15) is 8.42 Å². The lowest BCUT2D eigenvalue weighted by molar-refractivity contribution is -0.279. The number of ether oxygens (including phenoxy) is 8. The van der Waals surface area contributed by atoms with E-state index in [2.05, 4.69) is 0 Å². The van der Waals surface area contributed by atoms with Gasteiger partial charge in [0.15, 0.2) is 5.79 Å². The molecule has 13 heteroatoms. The van der Waals surface area contributed by atoms with Crippen LogP contribution in [0.4, 0.5) is 0 Å². The predicted octanol–water partition coefficient (Wildman–Crippen LogP) is -0.235. The van der Waals surface area contributed by atoms with Crippen LogP contribution >= 0.6 is 0 Å². The van der Waals surface area contributed by atoms with Crippen molar-refractivity contribution in [3.63, 3.8) is 0 Å². The largest absolute Gasteiger partial charge is 0.400 e. The third-order valence-electron chi connectivity index (χ3n) is 4.10. The van der Waals surface area contributed by atoms with Gasteiger partial charge in [0.2, 0.25) is 0 Å². The van der Waals surface area contributed by atoms with Crippen LogP contribution in [0.3, 0.4) is 0 Å². The fourth-order valence-electron chi connectivity index (χ4n) is 3.08. The van der Waals surface area contributed by atoms with Crippen molar-refractivity contribution in [1.29, 1.82) is 0 Å². The van der Waals surface area contributed by atoms with Crippen molar-refractivity contribution in [2.45, 2.75) is 50.2 Å². The summed E-state index contributed by atoms with van der Waals surface area (Å²) in [7, 11) is 0.168. The zero-order valence-corrected chi connectivity index (χ0v) is 18.0. The third-order valence-corrected chi connectivity index (χ3v) is 4.99. The molecular formula is C16H30O12S. The summed E-state index contributed by atoms with van der Waals surface area (Å²) in [5, 5.41) is 0. The molecule has 0 spiro atoms. The number of hydrogen-bond donors (Lipinski definition) is 0. The van der Waals surface area contributed by atoms with Gasteiger partial charge in [0.1, 0.15) is 50.9 Å². The van der Waals surface area contributed by atoms with Gasteiger partial charge < -0.3 is 37.9 Å². The summed E-state index contributed by atoms with van der Waals surface area (Å²) < 4.78 is 77.7. The molecule has 0 radical (unpaired) electrons. The van der Waals surface area contributed by atoms with Crippen molar-refractivity contribution in [1.82, 2.24) is 0 Å². The minimum absolute atomic E-state index is 0.0216. The molecule has 1 unspecified atom stereocenters. The monoisotopic (exact) mass is 446 g/mol. The molecule has 0 amide bonds. The average Bonchev–Trinajstić information content (AvgIpc) is 2.75. The predicted molar refractivity (Wildman–Crippen MR) is 94.9 cm³/mol. The standard InChI is InChI=1S/C16H30O12S/c1-16(2)26-12-7-25-29(17,18)28-14(12)15(24-10-21-5)13(27-16)11(23-9-20-4)6-22-8-19-3/h11-15H,6-10H2,1-5H3/t11-,12-,13-,14-,15?/m1/s1. The second kappa shape index (κ2) is 11.2. The van der Waals surface area contributed by atoms with Crippen molar-refractivity contribution in [2.75, 3.05) is 54.9 Å². The molecule has 0 saturated carbocycles. The van der Waals surface area contributed by atoms with E-state index < -0.39 is 46.7 Å². The molecule has 0 bridgehead atoms. The van der Waals surface area contributed by atoms with E-state index in [1.165, 1.54) is 21.3 Å². The first-order chi connectivity index (χ1) is 13.7. The van der Waals surface area contributed by atoms with Crippen molar-refractivity contribution in [3.05, 3.63) is 0 Å². The Morgan fingerprint density at radius 3 is 2.38 bits per heavy atom. The van der Waals surface area contributed by atoms with Gasteiger partial charge in [-0.25, -0.2) is 8.37 Å². The van der Waals surface area contributed by atoms with Crippen LogP contribution < -0.4 is 0 Å². The smallest absolute Gasteiger partial charge is 0.359 e. The lowest BCUT2D eigenvalue weighted by atomic mass is 9.99. The first-order valence-electron chi connectivity index (χ1n) is 8.94. The maximum absolute atomic E-state index is 11.9. The van der Waals surface area contributed by atoms with E-state index in [1.807, 2.05) is 0 Å². The lowest BCUT2D eigenvalue weighted by Crippen LogP contribution is -2.56. The molecule has 2 aliphatic heterocycles. The highest BCUT2D eigenvalue weighted by molar-refractivity contribution is 7.81. The Labute approximate surface area is 170 Å². The maximum atomic E-state index is 11.9. The molecule has 2 fully saturated rings. The lowest BCUT2D eigenvalue weighted by Gasteiger charge is -2.37. The Bertz CT molecular complexity index is 582. The summed E-state index contributed by atoms with van der Waals surface area (Å²) >= 11 is 0. The van der Waals surface area contributed by atoms with Gasteiger partial charge in [-0.2, -0.15) is 8.42 Å². The molecule has 2 aliphatic rings. The van der Waals surface area contributed by atoms with E-state index in [0.717, 1.165) is 0 Å². The second-order valence-corrected chi connectivity index (χ2v) is 8.06. The number of fused-ring (bicyclic) bond motifs is 1. The van der Waals surface area contributed by atoms with Gasteiger partial charge in [-0.05, 0) is 13.8 Å². The summed E-state index contributed by atoms with van der Waals surface area (Å²) in [5.74, 6) is -1.14. The van der Waals surface area contributed by atoms with E-state index in [4.69, 9.17) is 46.3 Å². The van der Waals surface area contributed by atoms with Crippen LogP contribution in [0.25, 0.3) is 0 Å². The summed E-state index contributed by atoms with van der Waals surface area (Å²) in [6.07, 6.45) is -4.39. The zero-order chi connectivity index (χ0) is 21.5. The number of methoxy groups -OCH3 is 3. The van der Waals surface area contributed by atoms with E-state index >= 15 is 0 Å². The Hall–Kier alpha value is -0.450. The van der Waals surface area contributed by atoms with Crippen LogP contribution in [0.2, 0.25) is 0 Å². The summed E-state index contributed by atoms with van der Waals surface area (Å²) in [6.45, 7) is 2.98. The van der Waals surface area contributed by atoms with Crippen molar-refractivity contribution in [3.8, 4) is 0 Å². The summed E-state index contributed by atoms with van der Waals surface area (Å²) in [6, 6.07) is 0. The van der Waals surface area contributed by atoms with Gasteiger partial charge in [0, 0.05) is 21.3 Å². The highest BCUT2D eigenvalue weighted by Gasteiger charge is 2.53. The molecule has 0 aliphatic carbocycles. The molecule has 5 atom stereocenters. The van der Waals surface area contributed by atoms with Crippen molar-refractivity contribution >= 4 is 10.4 Å². The molecule has 2 saturated heterocycles. The molecule has 12 nitrogen and oxygen atoms in total. The fourth-order valence-corrected chi connectivity index (χ4v) is 3.94. The van der Waals surface area contributed by atoms with Crippen LogP contribution in [-0.4, -0.2) is 99.6 Å². The first-order valence-corrected chi connectivity index (χ1v) is 10.3. The molecule has 0 aromatic carbocycles. The van der Waals surface area contributed by atoms with Crippen LogP contribution in [0.15, 0.2) is 0 Å². The fraction of sp³-hybridized carbons (Fsp3) is 1.00.